The van der Waals surface area contributed by atoms with Crippen LogP contribution in [0.4, 0.5) is 11.4 Å². The monoisotopic (exact) mass is 596 g/mol. The van der Waals surface area contributed by atoms with Gasteiger partial charge in [0.2, 0.25) is 0 Å². The van der Waals surface area contributed by atoms with Gasteiger partial charge < -0.3 is 10.1 Å². The van der Waals surface area contributed by atoms with Crippen LogP contribution in [0.3, 0.4) is 0 Å². The normalized spacial score (nSPS) is 11.1. The molecule has 0 heterocycles. The van der Waals surface area contributed by atoms with Crippen molar-refractivity contribution < 1.29 is 22.7 Å². The van der Waals surface area contributed by atoms with E-state index in [4.69, 9.17) is 27.9 Å². The summed E-state index contributed by atoms with van der Waals surface area (Å²) in [5.41, 5.74) is 2.36. The number of hydrogen-bond donors (Lipinski definition) is 1. The van der Waals surface area contributed by atoms with Gasteiger partial charge in [-0.25, -0.2) is 13.2 Å². The van der Waals surface area contributed by atoms with Gasteiger partial charge in [-0.2, -0.15) is 0 Å². The van der Waals surface area contributed by atoms with Gasteiger partial charge in [0.1, 0.15) is 0 Å². The van der Waals surface area contributed by atoms with E-state index in [2.05, 4.69) is 5.32 Å². The number of hydrogen-bond acceptors (Lipinski definition) is 5. The van der Waals surface area contributed by atoms with Crippen LogP contribution in [-0.4, -0.2) is 26.9 Å². The number of esters is 1. The number of carbonyl (C=O) groups is 2. The summed E-state index contributed by atoms with van der Waals surface area (Å²) in [5.74, 6) is -1.12. The number of aryl methyl sites for hydroxylation is 1. The third-order valence-electron chi connectivity index (χ3n) is 5.99. The molecule has 7 nitrogen and oxygen atoms in total. The molecule has 0 unspecified atom stereocenters. The van der Waals surface area contributed by atoms with Gasteiger partial charge in [0.15, 0.2) is 0 Å². The van der Waals surface area contributed by atoms with Crippen LogP contribution < -0.4 is 9.62 Å². The third-order valence-corrected chi connectivity index (χ3v) is 8.33. The summed E-state index contributed by atoms with van der Waals surface area (Å²) in [6, 6.07) is 24.1. The predicted molar refractivity (Wildman–Crippen MR) is 158 cm³/mol. The maximum Gasteiger partial charge on any atom is 0.338 e. The Morgan fingerprint density at radius 1 is 0.900 bits per heavy atom. The van der Waals surface area contributed by atoms with Gasteiger partial charge in [-0.05, 0) is 74.0 Å². The van der Waals surface area contributed by atoms with E-state index >= 15 is 0 Å². The molecule has 0 aromatic heterocycles. The van der Waals surface area contributed by atoms with Gasteiger partial charge >= 0.3 is 5.97 Å². The molecule has 4 aromatic rings. The van der Waals surface area contributed by atoms with Crippen LogP contribution in [0, 0.1) is 6.92 Å². The average molecular weight is 598 g/mol. The van der Waals surface area contributed by atoms with E-state index in [1.54, 1.807) is 61.5 Å². The summed E-state index contributed by atoms with van der Waals surface area (Å²) in [6.45, 7) is 3.73. The van der Waals surface area contributed by atoms with Gasteiger partial charge in [-0.15, -0.1) is 0 Å². The Labute approximate surface area is 243 Å². The largest absolute Gasteiger partial charge is 0.462 e. The standard InChI is InChI=1S/C30H26Cl2N2O5S/c1-3-39-30(36)22-12-17-27(26(32)18-22)33-29(35)25-6-4-5-7-28(25)34(19-21-10-13-23(31)14-11-21)40(37,38)24-15-8-20(2)9-16-24/h4-18H,3,19H2,1-2H3,(H,33,35). The van der Waals surface area contributed by atoms with Gasteiger partial charge in [-0.3, -0.25) is 9.10 Å². The summed E-state index contributed by atoms with van der Waals surface area (Å²) in [5, 5.41) is 3.37. The van der Waals surface area contributed by atoms with Crippen LogP contribution in [0.25, 0.3) is 0 Å². The Bertz CT molecular complexity index is 1640. The quantitative estimate of drug-likeness (QED) is 0.207. The molecule has 0 spiro atoms. The van der Waals surface area contributed by atoms with Crippen LogP contribution in [0.1, 0.15) is 38.8 Å². The molecule has 1 amide bonds. The minimum Gasteiger partial charge on any atom is -0.462 e. The minimum absolute atomic E-state index is 0.0489. The fraction of sp³-hybridized carbons (Fsp3) is 0.133. The van der Waals surface area contributed by atoms with Crippen LogP contribution in [0.5, 0.6) is 0 Å². The number of halogens is 2. The van der Waals surface area contributed by atoms with Gasteiger partial charge in [0.25, 0.3) is 15.9 Å². The lowest BCUT2D eigenvalue weighted by atomic mass is 10.1. The van der Waals surface area contributed by atoms with Gasteiger partial charge in [0, 0.05) is 5.02 Å². The van der Waals surface area contributed by atoms with Crippen molar-refractivity contribution in [2.24, 2.45) is 0 Å². The summed E-state index contributed by atoms with van der Waals surface area (Å²) < 4.78 is 34.1. The minimum atomic E-state index is -4.09. The third kappa shape index (κ3) is 6.65. The highest BCUT2D eigenvalue weighted by Crippen LogP contribution is 2.31. The topological polar surface area (TPSA) is 92.8 Å². The summed E-state index contributed by atoms with van der Waals surface area (Å²) in [7, 11) is -4.09. The van der Waals surface area contributed by atoms with Crippen LogP contribution in [0.2, 0.25) is 10.0 Å². The molecule has 0 bridgehead atoms. The average Bonchev–Trinajstić information content (AvgIpc) is 2.94. The Kier molecular flexibility index (Phi) is 9.14. The molecule has 0 aliphatic heterocycles. The first-order valence-electron chi connectivity index (χ1n) is 12.3. The van der Waals surface area contributed by atoms with Crippen molar-refractivity contribution in [3.8, 4) is 0 Å². The highest BCUT2D eigenvalue weighted by Gasteiger charge is 2.29. The van der Waals surface area contributed by atoms with Gasteiger partial charge in [0.05, 0.1) is 45.6 Å². The molecule has 0 atom stereocenters. The highest BCUT2D eigenvalue weighted by atomic mass is 35.5. The van der Waals surface area contributed by atoms with E-state index in [-0.39, 0.29) is 45.6 Å². The molecular weight excluding hydrogens is 571 g/mol. The zero-order valence-corrected chi connectivity index (χ0v) is 24.1. The first-order valence-corrected chi connectivity index (χ1v) is 14.5. The molecule has 4 rings (SSSR count). The van der Waals surface area contributed by atoms with Crippen LogP contribution in [-0.2, 0) is 21.3 Å². The smallest absolute Gasteiger partial charge is 0.338 e. The molecular formula is C30H26Cl2N2O5S. The second kappa shape index (κ2) is 12.6. The van der Waals surface area contributed by atoms with Crippen molar-refractivity contribution in [1.29, 1.82) is 0 Å². The lowest BCUT2D eigenvalue weighted by molar-refractivity contribution is 0.0526. The molecule has 206 valence electrons. The van der Waals surface area contributed by atoms with Crippen LogP contribution in [0.15, 0.2) is 95.9 Å². The summed E-state index contributed by atoms with van der Waals surface area (Å²) >= 11 is 12.4. The predicted octanol–water partition coefficient (Wildman–Crippen LogP) is 7.13. The van der Waals surface area contributed by atoms with Crippen molar-refractivity contribution in [2.75, 3.05) is 16.2 Å². The highest BCUT2D eigenvalue weighted by molar-refractivity contribution is 7.92. The molecule has 0 saturated heterocycles. The first-order chi connectivity index (χ1) is 19.1. The second-order valence-electron chi connectivity index (χ2n) is 8.84. The van der Waals surface area contributed by atoms with Crippen molar-refractivity contribution in [2.45, 2.75) is 25.3 Å². The molecule has 0 aliphatic carbocycles. The SMILES string of the molecule is CCOC(=O)c1ccc(NC(=O)c2ccccc2N(Cc2ccc(Cl)cc2)S(=O)(=O)c2ccc(C)cc2)c(Cl)c1. The Morgan fingerprint density at radius 3 is 2.23 bits per heavy atom. The Hall–Kier alpha value is -3.85. The number of ether oxygens (including phenoxy) is 1. The number of nitrogens with one attached hydrogen (secondary N) is 1. The van der Waals surface area contributed by atoms with E-state index in [1.165, 1.54) is 40.7 Å². The maximum atomic E-state index is 14.0. The molecule has 1 N–H and O–H groups in total. The fourth-order valence-electron chi connectivity index (χ4n) is 3.92. The second-order valence-corrected chi connectivity index (χ2v) is 11.5. The first kappa shape index (κ1) is 29.1. The zero-order valence-electron chi connectivity index (χ0n) is 21.7. The number of carbonyl (C=O) groups excluding carboxylic acids is 2. The zero-order chi connectivity index (χ0) is 28.9. The number of sulfonamides is 1. The van der Waals surface area contributed by atoms with E-state index in [9.17, 15) is 18.0 Å². The van der Waals surface area contributed by atoms with Crippen molar-refractivity contribution >= 4 is 56.5 Å². The van der Waals surface area contributed by atoms with Gasteiger partial charge in [-0.1, -0.05) is 65.2 Å². The molecule has 0 aliphatic rings. The Morgan fingerprint density at radius 2 is 1.57 bits per heavy atom. The molecule has 10 heteroatoms. The number of anilines is 2. The number of para-hydroxylation sites is 1. The summed E-state index contributed by atoms with van der Waals surface area (Å²) in [6.07, 6.45) is 0. The number of rotatable bonds is 9. The molecule has 0 fully saturated rings. The van der Waals surface area contributed by atoms with Crippen molar-refractivity contribution in [1.82, 2.24) is 0 Å². The van der Waals surface area contributed by atoms with Crippen molar-refractivity contribution in [3.05, 3.63) is 123 Å². The number of benzene rings is 4. The van der Waals surface area contributed by atoms with E-state index in [0.717, 1.165) is 5.56 Å². The van der Waals surface area contributed by atoms with E-state index in [0.29, 0.717) is 10.6 Å². The lowest BCUT2D eigenvalue weighted by Gasteiger charge is -2.27. The molecule has 0 saturated carbocycles. The van der Waals surface area contributed by atoms with E-state index < -0.39 is 21.9 Å². The van der Waals surface area contributed by atoms with Crippen molar-refractivity contribution in [3.63, 3.8) is 0 Å². The maximum absolute atomic E-state index is 14.0. The van der Waals surface area contributed by atoms with Crippen LogP contribution >= 0.6 is 23.2 Å². The summed E-state index contributed by atoms with van der Waals surface area (Å²) in [4.78, 5) is 25.6. The van der Waals surface area contributed by atoms with E-state index in [1.807, 2.05) is 6.92 Å². The lowest BCUT2D eigenvalue weighted by Crippen LogP contribution is -2.32. The fourth-order valence-corrected chi connectivity index (χ4v) is 5.75. The Balaban J connectivity index is 1.73. The molecule has 0 radical (unpaired) electrons. The molecule has 40 heavy (non-hydrogen) atoms. The number of amides is 1. The number of nitrogens with zero attached hydrogens (tertiary/aromatic N) is 1. The molecule has 4 aromatic carbocycles.